The van der Waals surface area contributed by atoms with Crippen LogP contribution in [0.15, 0.2) is 24.3 Å². The van der Waals surface area contributed by atoms with Crippen molar-refractivity contribution in [2.75, 3.05) is 0 Å². The third-order valence-electron chi connectivity index (χ3n) is 2.30. The van der Waals surface area contributed by atoms with E-state index in [1.54, 1.807) is 6.07 Å². The molecule has 0 fully saturated rings. The Morgan fingerprint density at radius 1 is 1.00 bits per heavy atom. The number of rotatable bonds is 1. The third kappa shape index (κ3) is 2.05. The minimum Gasteiger partial charge on any atom is -0.207 e. The van der Waals surface area contributed by atoms with E-state index in [0.29, 0.717) is 6.07 Å². The Bertz CT molecular complexity index is 636. The molecule has 0 aromatic heterocycles. The van der Waals surface area contributed by atoms with Crippen LogP contribution in [0.2, 0.25) is 0 Å². The molecule has 0 aliphatic rings. The summed E-state index contributed by atoms with van der Waals surface area (Å²) in [6.45, 7) is 0. The van der Waals surface area contributed by atoms with Gasteiger partial charge in [-0.25, -0.2) is 17.6 Å². The summed E-state index contributed by atoms with van der Waals surface area (Å²) in [4.78, 5) is 0. The molecular formula is C13H4F4N. The molecule has 1 radical (unpaired) electrons. The van der Waals surface area contributed by atoms with Crippen LogP contribution >= 0.6 is 0 Å². The first-order valence-corrected chi connectivity index (χ1v) is 4.79. The van der Waals surface area contributed by atoms with E-state index in [4.69, 9.17) is 5.26 Å². The number of hydrogen-bond donors (Lipinski definition) is 0. The van der Waals surface area contributed by atoms with Crippen molar-refractivity contribution < 1.29 is 17.6 Å². The lowest BCUT2D eigenvalue weighted by Gasteiger charge is -2.07. The molecule has 0 aliphatic carbocycles. The van der Waals surface area contributed by atoms with Gasteiger partial charge in [0.2, 0.25) is 0 Å². The van der Waals surface area contributed by atoms with Crippen molar-refractivity contribution in [2.24, 2.45) is 0 Å². The molecule has 5 heteroatoms. The smallest absolute Gasteiger partial charge is 0.139 e. The Hall–Kier alpha value is -2.35. The Morgan fingerprint density at radius 3 is 2.17 bits per heavy atom. The topological polar surface area (TPSA) is 23.8 Å². The predicted molar refractivity (Wildman–Crippen MR) is 55.3 cm³/mol. The lowest BCUT2D eigenvalue weighted by atomic mass is 10.0. The molecule has 0 saturated carbocycles. The molecule has 89 valence electrons. The zero-order valence-electron chi connectivity index (χ0n) is 8.77. The standard InChI is InChI=1S/C13H4F4N/c14-8-1-2-10(15)9(5-8)13-11(16)3-7(6-18)4-12(13)17/h1,3-5H. The minimum absolute atomic E-state index is 0.241. The van der Waals surface area contributed by atoms with Gasteiger partial charge < -0.3 is 0 Å². The van der Waals surface area contributed by atoms with Crippen LogP contribution in [0, 0.1) is 40.7 Å². The van der Waals surface area contributed by atoms with Crippen LogP contribution in [-0.4, -0.2) is 0 Å². The van der Waals surface area contributed by atoms with Crippen LogP contribution < -0.4 is 0 Å². The maximum atomic E-state index is 13.6. The first kappa shape index (κ1) is 12.1. The van der Waals surface area contributed by atoms with E-state index in [0.717, 1.165) is 18.2 Å². The highest BCUT2D eigenvalue weighted by Crippen LogP contribution is 2.29. The summed E-state index contributed by atoms with van der Waals surface area (Å²) in [5, 5.41) is 8.52. The lowest BCUT2D eigenvalue weighted by molar-refractivity contribution is 0.576. The molecule has 2 rings (SSSR count). The van der Waals surface area contributed by atoms with Gasteiger partial charge in [0.25, 0.3) is 0 Å². The van der Waals surface area contributed by atoms with Gasteiger partial charge in [0.05, 0.1) is 17.2 Å². The number of benzene rings is 2. The summed E-state index contributed by atoms with van der Waals surface area (Å²) < 4.78 is 53.5. The molecule has 18 heavy (non-hydrogen) atoms. The average Bonchev–Trinajstić information content (AvgIpc) is 2.32. The van der Waals surface area contributed by atoms with Gasteiger partial charge in [-0.15, -0.1) is 0 Å². The van der Waals surface area contributed by atoms with Gasteiger partial charge in [-0.1, -0.05) is 0 Å². The molecule has 0 heterocycles. The van der Waals surface area contributed by atoms with Gasteiger partial charge in [0.15, 0.2) is 0 Å². The van der Waals surface area contributed by atoms with Crippen molar-refractivity contribution in [3.63, 3.8) is 0 Å². The molecule has 0 spiro atoms. The van der Waals surface area contributed by atoms with E-state index >= 15 is 0 Å². The van der Waals surface area contributed by atoms with E-state index in [1.165, 1.54) is 0 Å². The molecule has 0 atom stereocenters. The quantitative estimate of drug-likeness (QED) is 0.709. The van der Waals surface area contributed by atoms with Gasteiger partial charge in [-0.3, -0.25) is 0 Å². The maximum absolute atomic E-state index is 13.6. The summed E-state index contributed by atoms with van der Waals surface area (Å²) in [5.41, 5.74) is -1.54. The SMILES string of the molecule is N#Cc1cc(F)c(-c2cc(F)c[c]c2F)c(F)c1. The number of halogens is 4. The Kier molecular flexibility index (Phi) is 3.02. The monoisotopic (exact) mass is 250 g/mol. The molecule has 0 aliphatic heterocycles. The van der Waals surface area contributed by atoms with Gasteiger partial charge in [0, 0.05) is 11.6 Å². The molecule has 1 nitrogen and oxygen atoms in total. The van der Waals surface area contributed by atoms with E-state index in [9.17, 15) is 17.6 Å². The van der Waals surface area contributed by atoms with Gasteiger partial charge in [0.1, 0.15) is 23.3 Å². The highest BCUT2D eigenvalue weighted by Gasteiger charge is 2.17. The van der Waals surface area contributed by atoms with E-state index in [-0.39, 0.29) is 5.56 Å². The second-order valence-corrected chi connectivity index (χ2v) is 3.47. The summed E-state index contributed by atoms with van der Waals surface area (Å²) >= 11 is 0. The highest BCUT2D eigenvalue weighted by atomic mass is 19.1. The van der Waals surface area contributed by atoms with Crippen LogP contribution in [0.25, 0.3) is 11.1 Å². The van der Waals surface area contributed by atoms with Gasteiger partial charge >= 0.3 is 0 Å². The van der Waals surface area contributed by atoms with Gasteiger partial charge in [-0.05, 0) is 24.3 Å². The van der Waals surface area contributed by atoms with Gasteiger partial charge in [-0.2, -0.15) is 5.26 Å². The zero-order valence-corrected chi connectivity index (χ0v) is 8.77. The fourth-order valence-electron chi connectivity index (χ4n) is 1.53. The fourth-order valence-corrected chi connectivity index (χ4v) is 1.53. The maximum Gasteiger partial charge on any atom is 0.139 e. The normalized spacial score (nSPS) is 10.2. The average molecular weight is 250 g/mol. The van der Waals surface area contributed by atoms with Crippen molar-refractivity contribution in [3.8, 4) is 17.2 Å². The summed E-state index contributed by atoms with van der Waals surface area (Å²) in [7, 11) is 0. The molecule has 0 amide bonds. The molecule has 0 unspecified atom stereocenters. The molecule has 0 N–H and O–H groups in total. The Labute approximate surface area is 99.9 Å². The number of nitriles is 1. The second kappa shape index (κ2) is 4.49. The molecule has 0 bridgehead atoms. The molecule has 2 aromatic rings. The number of nitrogens with zero attached hydrogens (tertiary/aromatic N) is 1. The third-order valence-corrected chi connectivity index (χ3v) is 2.30. The Balaban J connectivity index is 2.72. The summed E-state index contributed by atoms with van der Waals surface area (Å²) in [6, 6.07) is 6.36. The largest absolute Gasteiger partial charge is 0.207 e. The van der Waals surface area contributed by atoms with Crippen molar-refractivity contribution in [1.29, 1.82) is 5.26 Å². The Morgan fingerprint density at radius 2 is 1.61 bits per heavy atom. The van der Waals surface area contributed by atoms with Crippen LogP contribution in [0.1, 0.15) is 5.56 Å². The van der Waals surface area contributed by atoms with E-state index in [1.807, 2.05) is 6.07 Å². The van der Waals surface area contributed by atoms with Crippen molar-refractivity contribution in [3.05, 3.63) is 59.2 Å². The zero-order chi connectivity index (χ0) is 13.3. The summed E-state index contributed by atoms with van der Waals surface area (Å²) in [5.74, 6) is -4.21. The minimum atomic E-state index is -1.13. The fraction of sp³-hybridized carbons (Fsp3) is 0. The van der Waals surface area contributed by atoms with Crippen LogP contribution in [0.4, 0.5) is 17.6 Å². The van der Waals surface area contributed by atoms with E-state index in [2.05, 4.69) is 0 Å². The molecular weight excluding hydrogens is 246 g/mol. The first-order chi connectivity index (χ1) is 8.52. The molecule has 0 saturated heterocycles. The lowest BCUT2D eigenvalue weighted by Crippen LogP contribution is -1.96. The van der Waals surface area contributed by atoms with Crippen LogP contribution in [0.5, 0.6) is 0 Å². The van der Waals surface area contributed by atoms with Crippen LogP contribution in [-0.2, 0) is 0 Å². The van der Waals surface area contributed by atoms with Crippen LogP contribution in [0.3, 0.4) is 0 Å². The van der Waals surface area contributed by atoms with E-state index < -0.39 is 34.4 Å². The highest BCUT2D eigenvalue weighted by molar-refractivity contribution is 5.66. The van der Waals surface area contributed by atoms with Crippen molar-refractivity contribution in [1.82, 2.24) is 0 Å². The predicted octanol–water partition coefficient (Wildman–Crippen LogP) is 3.58. The number of hydrogen-bond acceptors (Lipinski definition) is 1. The van der Waals surface area contributed by atoms with Crippen molar-refractivity contribution in [2.45, 2.75) is 0 Å². The van der Waals surface area contributed by atoms with Crippen molar-refractivity contribution >= 4 is 0 Å². The first-order valence-electron chi connectivity index (χ1n) is 4.79. The summed E-state index contributed by atoms with van der Waals surface area (Å²) in [6.07, 6.45) is 0. The second-order valence-electron chi connectivity index (χ2n) is 3.47. The molecule has 2 aromatic carbocycles.